The Morgan fingerprint density at radius 2 is 1.90 bits per heavy atom. The maximum absolute atomic E-state index is 12.6. The third-order valence-electron chi connectivity index (χ3n) is 5.91. The Kier molecular flexibility index (Phi) is 5.52. The van der Waals surface area contributed by atoms with Crippen molar-refractivity contribution in [2.45, 2.75) is 50.6 Å². The number of hydrazone groups is 1. The SMILES string of the molecule is COc1ccc(OC)c([C@@H]2CC(c3c(O)n(C4CCCCC4)c(=O)[nH]c3=O)=NN2)c1. The minimum atomic E-state index is -0.636. The number of aromatic nitrogens is 2. The van der Waals surface area contributed by atoms with Crippen LogP contribution in [0.1, 0.15) is 61.7 Å². The van der Waals surface area contributed by atoms with Gasteiger partial charge >= 0.3 is 5.69 Å². The number of benzene rings is 1. The lowest BCUT2D eigenvalue weighted by molar-refractivity contribution is 0.298. The average Bonchev–Trinajstić information content (AvgIpc) is 3.23. The smallest absolute Gasteiger partial charge is 0.331 e. The van der Waals surface area contributed by atoms with Crippen LogP contribution in [0.5, 0.6) is 17.4 Å². The minimum absolute atomic E-state index is 0.0389. The normalized spacial score (nSPS) is 19.3. The number of nitrogens with one attached hydrogen (secondary N) is 2. The molecule has 1 fully saturated rings. The number of hydrogen-bond acceptors (Lipinski definition) is 7. The summed E-state index contributed by atoms with van der Waals surface area (Å²) in [4.78, 5) is 27.4. The van der Waals surface area contributed by atoms with Crippen LogP contribution >= 0.6 is 0 Å². The van der Waals surface area contributed by atoms with Crippen LogP contribution in [0.25, 0.3) is 0 Å². The van der Waals surface area contributed by atoms with Crippen LogP contribution in [0.3, 0.4) is 0 Å². The molecule has 9 heteroatoms. The van der Waals surface area contributed by atoms with Crippen molar-refractivity contribution < 1.29 is 14.6 Å². The maximum Gasteiger partial charge on any atom is 0.331 e. The lowest BCUT2D eigenvalue weighted by atomic mass is 9.95. The summed E-state index contributed by atoms with van der Waals surface area (Å²) in [6.07, 6.45) is 5.04. The van der Waals surface area contributed by atoms with Crippen molar-refractivity contribution in [3.8, 4) is 17.4 Å². The molecule has 160 valence electrons. The molecule has 2 aliphatic rings. The van der Waals surface area contributed by atoms with E-state index < -0.39 is 11.2 Å². The molecule has 0 bridgehead atoms. The van der Waals surface area contributed by atoms with Gasteiger partial charge in [-0.1, -0.05) is 19.3 Å². The van der Waals surface area contributed by atoms with Gasteiger partial charge in [0.15, 0.2) is 0 Å². The molecule has 1 aliphatic heterocycles. The van der Waals surface area contributed by atoms with Crippen LogP contribution in [-0.2, 0) is 0 Å². The van der Waals surface area contributed by atoms with E-state index in [-0.39, 0.29) is 23.5 Å². The molecule has 0 unspecified atom stereocenters. The molecule has 9 nitrogen and oxygen atoms in total. The second kappa shape index (κ2) is 8.25. The van der Waals surface area contributed by atoms with E-state index in [0.29, 0.717) is 23.6 Å². The van der Waals surface area contributed by atoms with Crippen LogP contribution in [0.2, 0.25) is 0 Å². The first kappa shape index (κ1) is 20.1. The Hall–Kier alpha value is -3.23. The zero-order valence-electron chi connectivity index (χ0n) is 17.1. The van der Waals surface area contributed by atoms with E-state index in [9.17, 15) is 14.7 Å². The fraction of sp³-hybridized carbons (Fsp3) is 0.476. The van der Waals surface area contributed by atoms with Crippen LogP contribution < -0.4 is 26.1 Å². The molecule has 1 saturated carbocycles. The molecule has 1 aromatic heterocycles. The van der Waals surface area contributed by atoms with E-state index in [2.05, 4.69) is 15.5 Å². The summed E-state index contributed by atoms with van der Waals surface area (Å²) >= 11 is 0. The van der Waals surface area contributed by atoms with Crippen LogP contribution in [0.4, 0.5) is 0 Å². The minimum Gasteiger partial charge on any atom is -0.497 e. The average molecular weight is 414 g/mol. The van der Waals surface area contributed by atoms with Gasteiger partial charge in [-0.25, -0.2) is 4.79 Å². The molecule has 4 rings (SSSR count). The van der Waals surface area contributed by atoms with Crippen molar-refractivity contribution in [1.29, 1.82) is 0 Å². The summed E-state index contributed by atoms with van der Waals surface area (Å²) in [6, 6.07) is 5.07. The van der Waals surface area contributed by atoms with Gasteiger partial charge < -0.3 is 20.0 Å². The topological polar surface area (TPSA) is 118 Å². The summed E-state index contributed by atoms with van der Waals surface area (Å²) in [5.74, 6) is 1.03. The zero-order valence-corrected chi connectivity index (χ0v) is 17.1. The first-order chi connectivity index (χ1) is 14.5. The predicted octanol–water partition coefficient (Wildman–Crippen LogP) is 2.20. The van der Waals surface area contributed by atoms with Crippen molar-refractivity contribution in [1.82, 2.24) is 15.0 Å². The third-order valence-corrected chi connectivity index (χ3v) is 5.91. The van der Waals surface area contributed by atoms with Crippen molar-refractivity contribution in [2.75, 3.05) is 14.2 Å². The Morgan fingerprint density at radius 3 is 2.60 bits per heavy atom. The molecule has 30 heavy (non-hydrogen) atoms. The largest absolute Gasteiger partial charge is 0.497 e. The highest BCUT2D eigenvalue weighted by atomic mass is 16.5. The number of aromatic hydroxyl groups is 1. The van der Waals surface area contributed by atoms with E-state index in [0.717, 1.165) is 37.7 Å². The molecule has 0 saturated heterocycles. The zero-order chi connectivity index (χ0) is 21.3. The van der Waals surface area contributed by atoms with Gasteiger partial charge in [-0.3, -0.25) is 14.3 Å². The van der Waals surface area contributed by atoms with E-state index in [1.54, 1.807) is 26.4 Å². The molecular formula is C21H26N4O5. The van der Waals surface area contributed by atoms with E-state index in [1.807, 2.05) is 6.07 Å². The lowest BCUT2D eigenvalue weighted by Gasteiger charge is -2.25. The number of hydrogen-bond donors (Lipinski definition) is 3. The van der Waals surface area contributed by atoms with Gasteiger partial charge in [0, 0.05) is 18.0 Å². The highest BCUT2D eigenvalue weighted by Gasteiger charge is 2.30. The lowest BCUT2D eigenvalue weighted by Crippen LogP contribution is -2.36. The fourth-order valence-corrected chi connectivity index (χ4v) is 4.37. The fourth-order valence-electron chi connectivity index (χ4n) is 4.37. The second-order valence-electron chi connectivity index (χ2n) is 7.67. The van der Waals surface area contributed by atoms with E-state index in [4.69, 9.17) is 9.47 Å². The summed E-state index contributed by atoms with van der Waals surface area (Å²) in [7, 11) is 3.17. The number of rotatable bonds is 5. The molecule has 0 radical (unpaired) electrons. The van der Waals surface area contributed by atoms with E-state index in [1.165, 1.54) is 4.57 Å². The molecule has 0 amide bonds. The molecule has 1 aliphatic carbocycles. The number of ether oxygens (including phenoxy) is 2. The highest BCUT2D eigenvalue weighted by Crippen LogP contribution is 2.35. The highest BCUT2D eigenvalue weighted by molar-refractivity contribution is 6.03. The first-order valence-electron chi connectivity index (χ1n) is 10.2. The Morgan fingerprint density at radius 1 is 1.13 bits per heavy atom. The Labute approximate surface area is 173 Å². The van der Waals surface area contributed by atoms with Gasteiger partial charge in [-0.05, 0) is 31.0 Å². The number of aromatic amines is 1. The van der Waals surface area contributed by atoms with Crippen LogP contribution in [-0.4, -0.2) is 34.6 Å². The molecule has 2 aromatic rings. The van der Waals surface area contributed by atoms with Crippen molar-refractivity contribution in [3.63, 3.8) is 0 Å². The standard InChI is InChI=1S/C21H26N4O5/c1-29-13-8-9-17(30-2)14(10-13)15-11-16(24-23-15)18-19(26)22-21(28)25(20(18)27)12-6-4-3-5-7-12/h8-10,12,15,23,27H,3-7,11H2,1-2H3,(H,22,26,28)/t15-/m0/s1. The summed E-state index contributed by atoms with van der Waals surface area (Å²) in [6.45, 7) is 0. The van der Waals surface area contributed by atoms with Gasteiger partial charge in [0.1, 0.15) is 17.1 Å². The Balaban J connectivity index is 1.68. The molecule has 3 N–H and O–H groups in total. The van der Waals surface area contributed by atoms with Gasteiger partial charge in [0.25, 0.3) is 5.56 Å². The van der Waals surface area contributed by atoms with E-state index >= 15 is 0 Å². The van der Waals surface area contributed by atoms with Crippen molar-refractivity contribution in [2.24, 2.45) is 5.10 Å². The molecule has 1 atom stereocenters. The monoisotopic (exact) mass is 414 g/mol. The number of methoxy groups -OCH3 is 2. The quantitative estimate of drug-likeness (QED) is 0.690. The molecular weight excluding hydrogens is 388 g/mol. The summed E-state index contributed by atoms with van der Waals surface area (Å²) < 4.78 is 12.1. The maximum atomic E-state index is 12.6. The summed E-state index contributed by atoms with van der Waals surface area (Å²) in [5, 5.41) is 15.2. The van der Waals surface area contributed by atoms with Crippen molar-refractivity contribution in [3.05, 3.63) is 50.2 Å². The molecule has 1 aromatic carbocycles. The van der Waals surface area contributed by atoms with Gasteiger partial charge in [0.05, 0.1) is 26.0 Å². The number of H-pyrrole nitrogens is 1. The van der Waals surface area contributed by atoms with Gasteiger partial charge in [-0.15, -0.1) is 0 Å². The second-order valence-corrected chi connectivity index (χ2v) is 7.67. The van der Waals surface area contributed by atoms with Gasteiger partial charge in [-0.2, -0.15) is 5.10 Å². The van der Waals surface area contributed by atoms with Crippen molar-refractivity contribution >= 4 is 5.71 Å². The molecule has 2 heterocycles. The molecule has 0 spiro atoms. The van der Waals surface area contributed by atoms with Crippen LogP contribution in [0, 0.1) is 0 Å². The van der Waals surface area contributed by atoms with Gasteiger partial charge in [0.2, 0.25) is 5.88 Å². The van der Waals surface area contributed by atoms with Crippen LogP contribution in [0.15, 0.2) is 32.9 Å². The third kappa shape index (κ3) is 3.55. The summed E-state index contributed by atoms with van der Waals surface area (Å²) in [5.41, 5.74) is 3.06. The Bertz CT molecular complexity index is 1080. The number of nitrogens with zero attached hydrogens (tertiary/aromatic N) is 2. The first-order valence-corrected chi connectivity index (χ1v) is 10.2. The predicted molar refractivity (Wildman–Crippen MR) is 112 cm³/mol.